The van der Waals surface area contributed by atoms with E-state index in [2.05, 4.69) is 5.32 Å². The standard InChI is InChI=1S/C30H35Cl2N3O5S/c1-6-21(3)33-30(37)22(4)34(18-23-8-7-9-25(16-23)40-5)29(36)19-35(28-17-24(31)12-15-27(28)32)41(38,39)26-13-10-20(2)11-14-26/h7-17,21-22H,6,18-19H2,1-5H3,(H,33,37)/t21-,22+/m0/s1. The van der Waals surface area contributed by atoms with Crippen LogP contribution in [0.3, 0.4) is 0 Å². The Morgan fingerprint density at radius 3 is 2.32 bits per heavy atom. The quantitative estimate of drug-likeness (QED) is 0.275. The minimum atomic E-state index is -4.27. The van der Waals surface area contributed by atoms with E-state index in [-0.39, 0.29) is 39.1 Å². The molecule has 3 aromatic rings. The number of carbonyl (C=O) groups is 2. The van der Waals surface area contributed by atoms with Gasteiger partial charge in [0.1, 0.15) is 18.3 Å². The summed E-state index contributed by atoms with van der Waals surface area (Å²) in [6.07, 6.45) is 0.706. The van der Waals surface area contributed by atoms with Crippen LogP contribution in [-0.4, -0.2) is 50.9 Å². The zero-order chi connectivity index (χ0) is 30.3. The van der Waals surface area contributed by atoms with Crippen LogP contribution in [0.2, 0.25) is 10.0 Å². The molecule has 0 unspecified atom stereocenters. The molecule has 8 nitrogen and oxygen atoms in total. The van der Waals surface area contributed by atoms with Crippen LogP contribution < -0.4 is 14.4 Å². The highest BCUT2D eigenvalue weighted by Gasteiger charge is 2.33. The molecular formula is C30H35Cl2N3O5S. The first-order valence-electron chi connectivity index (χ1n) is 13.1. The van der Waals surface area contributed by atoms with E-state index in [1.54, 1.807) is 43.3 Å². The lowest BCUT2D eigenvalue weighted by Gasteiger charge is -2.32. The highest BCUT2D eigenvalue weighted by molar-refractivity contribution is 7.92. The Morgan fingerprint density at radius 1 is 1.00 bits per heavy atom. The van der Waals surface area contributed by atoms with Gasteiger partial charge in [0.05, 0.1) is 22.7 Å². The molecule has 2 atom stereocenters. The number of aryl methyl sites for hydroxylation is 1. The number of nitrogens with one attached hydrogen (secondary N) is 1. The Kier molecular flexibility index (Phi) is 11.1. The van der Waals surface area contributed by atoms with Gasteiger partial charge in [0.25, 0.3) is 10.0 Å². The van der Waals surface area contributed by atoms with Gasteiger partial charge in [0.2, 0.25) is 11.8 Å². The van der Waals surface area contributed by atoms with Gasteiger partial charge in [-0.15, -0.1) is 0 Å². The van der Waals surface area contributed by atoms with Gasteiger partial charge in [-0.2, -0.15) is 0 Å². The summed E-state index contributed by atoms with van der Waals surface area (Å²) in [5, 5.41) is 3.25. The van der Waals surface area contributed by atoms with Crippen LogP contribution in [0, 0.1) is 6.92 Å². The van der Waals surface area contributed by atoms with Crippen molar-refractivity contribution in [3.8, 4) is 5.75 Å². The van der Waals surface area contributed by atoms with Crippen LogP contribution in [0.15, 0.2) is 71.6 Å². The molecule has 0 bridgehead atoms. The van der Waals surface area contributed by atoms with Crippen molar-refractivity contribution in [3.05, 3.63) is 87.9 Å². The van der Waals surface area contributed by atoms with E-state index in [1.807, 2.05) is 20.8 Å². The van der Waals surface area contributed by atoms with Crippen molar-refractivity contribution in [2.24, 2.45) is 0 Å². The third-order valence-corrected chi connectivity index (χ3v) is 9.05. The number of rotatable bonds is 12. The molecule has 0 aliphatic rings. The fourth-order valence-electron chi connectivity index (χ4n) is 4.04. The van der Waals surface area contributed by atoms with Gasteiger partial charge in [-0.1, -0.05) is 60.0 Å². The predicted octanol–water partition coefficient (Wildman–Crippen LogP) is 5.84. The number of methoxy groups -OCH3 is 1. The number of benzene rings is 3. The zero-order valence-corrected chi connectivity index (χ0v) is 26.1. The number of carbonyl (C=O) groups excluding carboxylic acids is 2. The van der Waals surface area contributed by atoms with Gasteiger partial charge < -0.3 is 15.0 Å². The maximum absolute atomic E-state index is 14.0. The molecule has 11 heteroatoms. The Bertz CT molecular complexity index is 1480. The molecule has 0 heterocycles. The van der Waals surface area contributed by atoms with Gasteiger partial charge in [0.15, 0.2) is 0 Å². The van der Waals surface area contributed by atoms with Crippen molar-refractivity contribution < 1.29 is 22.7 Å². The monoisotopic (exact) mass is 619 g/mol. The third kappa shape index (κ3) is 8.15. The molecule has 1 N–H and O–H groups in total. The van der Waals surface area contributed by atoms with Crippen molar-refractivity contribution in [3.63, 3.8) is 0 Å². The molecule has 3 rings (SSSR count). The molecule has 220 valence electrons. The van der Waals surface area contributed by atoms with Gasteiger partial charge in [-0.25, -0.2) is 8.42 Å². The number of nitrogens with zero attached hydrogens (tertiary/aromatic N) is 2. The largest absolute Gasteiger partial charge is 0.497 e. The molecule has 0 saturated heterocycles. The van der Waals surface area contributed by atoms with Gasteiger partial charge in [-0.3, -0.25) is 13.9 Å². The number of amides is 2. The fraction of sp³-hybridized carbons (Fsp3) is 0.333. The van der Waals surface area contributed by atoms with Crippen LogP contribution >= 0.6 is 23.2 Å². The van der Waals surface area contributed by atoms with Crippen LogP contribution in [0.5, 0.6) is 5.75 Å². The normalized spacial score (nSPS) is 12.8. The number of anilines is 1. The molecule has 0 saturated carbocycles. The van der Waals surface area contributed by atoms with E-state index in [9.17, 15) is 18.0 Å². The molecule has 0 aliphatic heterocycles. The summed E-state index contributed by atoms with van der Waals surface area (Å²) < 4.78 is 34.2. The molecule has 41 heavy (non-hydrogen) atoms. The average Bonchev–Trinajstić information content (AvgIpc) is 2.95. The predicted molar refractivity (Wildman–Crippen MR) is 163 cm³/mol. The lowest BCUT2D eigenvalue weighted by molar-refractivity contribution is -0.139. The number of ether oxygens (including phenoxy) is 1. The summed E-state index contributed by atoms with van der Waals surface area (Å²) in [5.74, 6) is -0.378. The third-order valence-electron chi connectivity index (χ3n) is 6.72. The smallest absolute Gasteiger partial charge is 0.264 e. The van der Waals surface area contributed by atoms with E-state index in [4.69, 9.17) is 27.9 Å². The SMILES string of the molecule is CC[C@H](C)NC(=O)[C@@H](C)N(Cc1cccc(OC)c1)C(=O)CN(c1cc(Cl)ccc1Cl)S(=O)(=O)c1ccc(C)cc1. The van der Waals surface area contributed by atoms with Gasteiger partial charge >= 0.3 is 0 Å². The number of sulfonamides is 1. The number of hydrogen-bond donors (Lipinski definition) is 1. The molecule has 2 amide bonds. The summed E-state index contributed by atoms with van der Waals surface area (Å²) >= 11 is 12.7. The summed E-state index contributed by atoms with van der Waals surface area (Å²) in [6, 6.07) is 16.8. The number of hydrogen-bond acceptors (Lipinski definition) is 5. The minimum Gasteiger partial charge on any atom is -0.497 e. The number of halogens is 2. The Hall–Kier alpha value is -3.27. The van der Waals surface area contributed by atoms with Crippen LogP contribution in [0.1, 0.15) is 38.3 Å². The van der Waals surface area contributed by atoms with Gasteiger partial charge in [-0.05, 0) is 75.2 Å². The van der Waals surface area contributed by atoms with Crippen molar-refractivity contribution in [2.75, 3.05) is 18.0 Å². The van der Waals surface area contributed by atoms with E-state index in [1.165, 1.54) is 42.3 Å². The summed E-state index contributed by atoms with van der Waals surface area (Å²) in [7, 11) is -2.73. The second kappa shape index (κ2) is 14.1. The average molecular weight is 621 g/mol. The Balaban J connectivity index is 2.08. The van der Waals surface area contributed by atoms with Gasteiger partial charge in [0, 0.05) is 17.6 Å². The maximum Gasteiger partial charge on any atom is 0.264 e. The van der Waals surface area contributed by atoms with E-state index in [0.717, 1.165) is 9.87 Å². The fourth-order valence-corrected chi connectivity index (χ4v) is 5.90. The zero-order valence-electron chi connectivity index (χ0n) is 23.7. The summed E-state index contributed by atoms with van der Waals surface area (Å²) in [5.41, 5.74) is 1.62. The molecule has 0 spiro atoms. The lowest BCUT2D eigenvalue weighted by atomic mass is 10.1. The minimum absolute atomic E-state index is 0.0196. The molecule has 0 aromatic heterocycles. The van der Waals surface area contributed by atoms with E-state index < -0.39 is 28.5 Å². The van der Waals surface area contributed by atoms with Crippen molar-refractivity contribution in [1.82, 2.24) is 10.2 Å². The highest BCUT2D eigenvalue weighted by Crippen LogP contribution is 2.33. The topological polar surface area (TPSA) is 96.0 Å². The first kappa shape index (κ1) is 32.2. The Labute approximate surface area is 252 Å². The first-order valence-corrected chi connectivity index (χ1v) is 15.3. The van der Waals surface area contributed by atoms with Crippen molar-refractivity contribution >= 4 is 50.7 Å². The highest BCUT2D eigenvalue weighted by atomic mass is 35.5. The summed E-state index contributed by atoms with van der Waals surface area (Å²) in [6.45, 7) is 6.68. The van der Waals surface area contributed by atoms with Crippen LogP contribution in [0.4, 0.5) is 5.69 Å². The van der Waals surface area contributed by atoms with E-state index >= 15 is 0 Å². The second-order valence-corrected chi connectivity index (χ2v) is 12.5. The van der Waals surface area contributed by atoms with Crippen molar-refractivity contribution in [1.29, 1.82) is 0 Å². The Morgan fingerprint density at radius 2 is 1.68 bits per heavy atom. The lowest BCUT2D eigenvalue weighted by Crippen LogP contribution is -2.52. The molecule has 0 fully saturated rings. The van der Waals surface area contributed by atoms with E-state index in [0.29, 0.717) is 17.7 Å². The molecule has 0 aliphatic carbocycles. The molecular weight excluding hydrogens is 585 g/mol. The summed E-state index contributed by atoms with van der Waals surface area (Å²) in [4.78, 5) is 28.6. The maximum atomic E-state index is 14.0. The molecule has 3 aromatic carbocycles. The van der Waals surface area contributed by atoms with Crippen LogP contribution in [0.25, 0.3) is 0 Å². The van der Waals surface area contributed by atoms with Crippen LogP contribution in [-0.2, 0) is 26.2 Å². The second-order valence-electron chi connectivity index (χ2n) is 9.79. The first-order chi connectivity index (χ1) is 19.4. The molecule has 0 radical (unpaired) electrons. The van der Waals surface area contributed by atoms with Crippen molar-refractivity contribution in [2.45, 2.75) is 57.6 Å².